The molecule has 0 spiro atoms. The molecule has 1 aliphatic rings. The number of hydrogen-bond donors (Lipinski definition) is 2. The van der Waals surface area contributed by atoms with Gasteiger partial charge < -0.3 is 10.6 Å². The van der Waals surface area contributed by atoms with Crippen molar-refractivity contribution in [3.8, 4) is 5.69 Å². The monoisotopic (exact) mass is 546 g/mol. The fourth-order valence-corrected chi connectivity index (χ4v) is 4.72. The Balaban J connectivity index is 0.00000320. The van der Waals surface area contributed by atoms with Crippen molar-refractivity contribution in [2.75, 3.05) is 44.7 Å². The summed E-state index contributed by atoms with van der Waals surface area (Å²) in [6.07, 6.45) is 0. The van der Waals surface area contributed by atoms with E-state index in [0.29, 0.717) is 26.2 Å². The Morgan fingerprint density at radius 1 is 1.17 bits per heavy atom. The van der Waals surface area contributed by atoms with Gasteiger partial charge in [-0.25, -0.2) is 13.1 Å². The van der Waals surface area contributed by atoms with E-state index in [1.54, 1.807) is 7.05 Å². The number of sulfone groups is 1. The maximum absolute atomic E-state index is 11.5. The first-order chi connectivity index (χ1) is 13.9. The highest BCUT2D eigenvalue weighted by Gasteiger charge is 2.21. The summed E-state index contributed by atoms with van der Waals surface area (Å²) < 4.78 is 25.0. The molecule has 0 aliphatic carbocycles. The molecule has 1 aliphatic heterocycles. The number of guanidine groups is 1. The number of hydrogen-bond acceptors (Lipinski definition) is 5. The van der Waals surface area contributed by atoms with Gasteiger partial charge in [-0.05, 0) is 31.5 Å². The molecule has 3 rings (SSSR count). The number of benzene rings is 1. The topological polar surface area (TPSA) is 91.6 Å². The number of aliphatic imine (C=N–C) groups is 1. The van der Waals surface area contributed by atoms with Crippen molar-refractivity contribution in [2.24, 2.45) is 4.99 Å². The molecule has 10 heteroatoms. The van der Waals surface area contributed by atoms with Crippen LogP contribution in [0, 0.1) is 13.8 Å². The molecule has 0 radical (unpaired) electrons. The Hall–Kier alpha value is -1.66. The minimum atomic E-state index is -2.83. The zero-order valence-electron chi connectivity index (χ0n) is 17.8. The normalized spacial score (nSPS) is 16.7. The van der Waals surface area contributed by atoms with E-state index in [-0.39, 0.29) is 35.5 Å². The lowest BCUT2D eigenvalue weighted by atomic mass is 10.1. The summed E-state index contributed by atoms with van der Waals surface area (Å²) in [4.78, 5) is 6.46. The Morgan fingerprint density at radius 3 is 2.50 bits per heavy atom. The third kappa shape index (κ3) is 6.67. The number of rotatable bonds is 6. The lowest BCUT2D eigenvalue weighted by molar-refractivity contribution is 0.299. The fourth-order valence-electron chi connectivity index (χ4n) is 3.45. The smallest absolute Gasteiger partial charge is 0.191 e. The molecule has 8 nitrogen and oxygen atoms in total. The molecule has 2 heterocycles. The number of para-hydroxylation sites is 1. The third-order valence-electron chi connectivity index (χ3n) is 5.06. The highest BCUT2D eigenvalue weighted by Crippen LogP contribution is 2.16. The van der Waals surface area contributed by atoms with E-state index < -0.39 is 9.84 Å². The Labute approximate surface area is 196 Å². The summed E-state index contributed by atoms with van der Waals surface area (Å²) in [5.74, 6) is 1.23. The minimum Gasteiger partial charge on any atom is -0.355 e. The quantitative estimate of drug-likeness (QED) is 0.324. The van der Waals surface area contributed by atoms with E-state index in [4.69, 9.17) is 0 Å². The molecule has 0 bridgehead atoms. The first-order valence-corrected chi connectivity index (χ1v) is 11.7. The van der Waals surface area contributed by atoms with Gasteiger partial charge in [0.1, 0.15) is 0 Å². The molecule has 0 saturated carbocycles. The summed E-state index contributed by atoms with van der Waals surface area (Å²) in [6, 6.07) is 10.3. The van der Waals surface area contributed by atoms with Crippen LogP contribution in [0.1, 0.15) is 17.0 Å². The van der Waals surface area contributed by atoms with Crippen LogP contribution in [0.25, 0.3) is 5.69 Å². The lowest BCUT2D eigenvalue weighted by Gasteiger charge is -2.26. The van der Waals surface area contributed by atoms with Crippen LogP contribution in [0.15, 0.2) is 35.3 Å². The summed E-state index contributed by atoms with van der Waals surface area (Å²) >= 11 is 0. The second kappa shape index (κ2) is 11.1. The molecule has 1 aromatic carbocycles. The third-order valence-corrected chi connectivity index (χ3v) is 6.67. The van der Waals surface area contributed by atoms with Gasteiger partial charge in [-0.1, -0.05) is 18.2 Å². The maximum Gasteiger partial charge on any atom is 0.191 e. The van der Waals surface area contributed by atoms with Gasteiger partial charge in [0, 0.05) is 45.5 Å². The SMILES string of the molecule is CN=C(NCCN1CCS(=O)(=O)CC1)NCc1ccccc1-n1nc(C)cc1C.I. The molecule has 2 aromatic rings. The molecule has 30 heavy (non-hydrogen) atoms. The Morgan fingerprint density at radius 2 is 1.87 bits per heavy atom. The van der Waals surface area contributed by atoms with Gasteiger partial charge in [-0.15, -0.1) is 24.0 Å². The highest BCUT2D eigenvalue weighted by molar-refractivity contribution is 14.0. The van der Waals surface area contributed by atoms with E-state index in [0.717, 1.165) is 35.1 Å². The standard InChI is InChI=1S/C20H30N6O2S.HI/c1-16-14-17(2)26(24-16)19-7-5-4-6-18(19)15-23-20(21-3)22-8-9-25-10-12-29(27,28)13-11-25;/h4-7,14H,8-13,15H2,1-3H3,(H2,21,22,23);1H. The molecule has 2 N–H and O–H groups in total. The van der Waals surface area contributed by atoms with Crippen molar-refractivity contribution >= 4 is 39.8 Å². The van der Waals surface area contributed by atoms with Crippen LogP contribution < -0.4 is 10.6 Å². The molecule has 166 valence electrons. The number of aryl methyl sites for hydroxylation is 2. The van der Waals surface area contributed by atoms with Gasteiger partial charge in [0.15, 0.2) is 15.8 Å². The number of halogens is 1. The number of nitrogens with zero attached hydrogens (tertiary/aromatic N) is 4. The van der Waals surface area contributed by atoms with Crippen molar-refractivity contribution in [1.29, 1.82) is 0 Å². The van der Waals surface area contributed by atoms with Crippen LogP contribution in [0.4, 0.5) is 0 Å². The summed E-state index contributed by atoms with van der Waals surface area (Å²) in [7, 11) is -1.09. The second-order valence-corrected chi connectivity index (χ2v) is 9.62. The Bertz CT molecular complexity index is 959. The van der Waals surface area contributed by atoms with Gasteiger partial charge in [0.05, 0.1) is 22.9 Å². The molecule has 0 amide bonds. The second-order valence-electron chi connectivity index (χ2n) is 7.31. The van der Waals surface area contributed by atoms with Gasteiger partial charge in [-0.2, -0.15) is 5.10 Å². The van der Waals surface area contributed by atoms with Crippen LogP contribution in [0.3, 0.4) is 0 Å². The first-order valence-electron chi connectivity index (χ1n) is 9.87. The molecule has 0 unspecified atom stereocenters. The first kappa shape index (κ1) is 24.6. The summed E-state index contributed by atoms with van der Waals surface area (Å²) in [5, 5.41) is 11.3. The van der Waals surface area contributed by atoms with Crippen LogP contribution in [0.2, 0.25) is 0 Å². The van der Waals surface area contributed by atoms with Crippen LogP contribution >= 0.6 is 24.0 Å². The van der Waals surface area contributed by atoms with Crippen molar-refractivity contribution in [3.05, 3.63) is 47.3 Å². The van der Waals surface area contributed by atoms with Crippen molar-refractivity contribution in [1.82, 2.24) is 25.3 Å². The molecule has 1 aromatic heterocycles. The maximum atomic E-state index is 11.5. The molecule has 0 atom stereocenters. The largest absolute Gasteiger partial charge is 0.355 e. The van der Waals surface area contributed by atoms with Crippen molar-refractivity contribution < 1.29 is 8.42 Å². The number of nitrogens with one attached hydrogen (secondary N) is 2. The van der Waals surface area contributed by atoms with Crippen LogP contribution in [0.5, 0.6) is 0 Å². The van der Waals surface area contributed by atoms with Crippen molar-refractivity contribution in [3.63, 3.8) is 0 Å². The fraction of sp³-hybridized carbons (Fsp3) is 0.500. The van der Waals surface area contributed by atoms with Gasteiger partial charge in [-0.3, -0.25) is 9.89 Å². The zero-order valence-corrected chi connectivity index (χ0v) is 20.9. The summed E-state index contributed by atoms with van der Waals surface area (Å²) in [6.45, 7) is 7.37. The van der Waals surface area contributed by atoms with Crippen LogP contribution in [-0.4, -0.2) is 73.8 Å². The van der Waals surface area contributed by atoms with E-state index in [9.17, 15) is 8.42 Å². The van der Waals surface area contributed by atoms with E-state index >= 15 is 0 Å². The molecular weight excluding hydrogens is 515 g/mol. The predicted molar refractivity (Wildman–Crippen MR) is 132 cm³/mol. The van der Waals surface area contributed by atoms with Gasteiger partial charge in [0.25, 0.3) is 0 Å². The predicted octanol–water partition coefficient (Wildman–Crippen LogP) is 1.50. The zero-order chi connectivity index (χ0) is 20.9. The van der Waals surface area contributed by atoms with E-state index in [1.807, 2.05) is 23.7 Å². The van der Waals surface area contributed by atoms with Crippen molar-refractivity contribution in [2.45, 2.75) is 20.4 Å². The van der Waals surface area contributed by atoms with E-state index in [1.165, 1.54) is 0 Å². The summed E-state index contributed by atoms with van der Waals surface area (Å²) in [5.41, 5.74) is 4.27. The molecular formula is C20H31IN6O2S. The number of aromatic nitrogens is 2. The van der Waals surface area contributed by atoms with E-state index in [2.05, 4.69) is 50.7 Å². The van der Waals surface area contributed by atoms with Gasteiger partial charge in [0.2, 0.25) is 0 Å². The molecule has 1 fully saturated rings. The van der Waals surface area contributed by atoms with Gasteiger partial charge >= 0.3 is 0 Å². The molecule has 1 saturated heterocycles. The van der Waals surface area contributed by atoms with Crippen LogP contribution in [-0.2, 0) is 16.4 Å². The average molecular weight is 546 g/mol. The minimum absolute atomic E-state index is 0. The highest BCUT2D eigenvalue weighted by atomic mass is 127. The lowest BCUT2D eigenvalue weighted by Crippen LogP contribution is -2.45. The Kier molecular flexibility index (Phi) is 9.10. The average Bonchev–Trinajstić information content (AvgIpc) is 3.04.